The highest BCUT2D eigenvalue weighted by Gasteiger charge is 2.09. The molecular weight excluding hydrogens is 505 g/mol. The second-order valence-corrected chi connectivity index (χ2v) is 6.94. The second-order valence-electron chi connectivity index (χ2n) is 6.94. The summed E-state index contributed by atoms with van der Waals surface area (Å²) in [5, 5.41) is 6.64. The van der Waals surface area contributed by atoms with E-state index in [4.69, 9.17) is 9.47 Å². The summed E-state index contributed by atoms with van der Waals surface area (Å²) in [5.41, 5.74) is 2.42. The molecule has 0 fully saturated rings. The fraction of sp³-hybridized carbons (Fsp3) is 0.304. The van der Waals surface area contributed by atoms with Crippen molar-refractivity contribution in [3.63, 3.8) is 0 Å². The molecule has 0 saturated heterocycles. The maximum absolute atomic E-state index is 5.97. The number of imidazole rings is 1. The summed E-state index contributed by atoms with van der Waals surface area (Å²) < 4.78 is 13.4. The van der Waals surface area contributed by atoms with Gasteiger partial charge in [-0.1, -0.05) is 36.4 Å². The Hall–Kier alpha value is -2.75. The van der Waals surface area contributed by atoms with Gasteiger partial charge in [-0.15, -0.1) is 24.0 Å². The average molecular weight is 535 g/mol. The first kappa shape index (κ1) is 24.5. The van der Waals surface area contributed by atoms with Crippen molar-refractivity contribution in [2.75, 3.05) is 20.7 Å². The number of aliphatic imine (C=N–C) groups is 1. The number of para-hydroxylation sites is 2. The van der Waals surface area contributed by atoms with Gasteiger partial charge in [-0.25, -0.2) is 4.98 Å². The fourth-order valence-corrected chi connectivity index (χ4v) is 2.97. The molecule has 0 aliphatic rings. The zero-order valence-electron chi connectivity index (χ0n) is 18.1. The van der Waals surface area contributed by atoms with Gasteiger partial charge < -0.3 is 24.7 Å². The van der Waals surface area contributed by atoms with Gasteiger partial charge in [0, 0.05) is 32.5 Å². The van der Waals surface area contributed by atoms with E-state index in [-0.39, 0.29) is 30.1 Å². The molecule has 0 aliphatic carbocycles. The highest BCUT2D eigenvalue weighted by Crippen LogP contribution is 2.26. The Bertz CT molecular complexity index is 929. The molecule has 1 unspecified atom stereocenters. The van der Waals surface area contributed by atoms with Gasteiger partial charge in [-0.05, 0) is 30.2 Å². The largest absolute Gasteiger partial charge is 0.493 e. The van der Waals surface area contributed by atoms with Crippen molar-refractivity contribution in [3.05, 3.63) is 78.4 Å². The molecule has 0 radical (unpaired) electrons. The van der Waals surface area contributed by atoms with Gasteiger partial charge in [0.05, 0.1) is 20.0 Å². The molecule has 8 heteroatoms. The molecule has 7 nitrogen and oxygen atoms in total. The van der Waals surface area contributed by atoms with Crippen LogP contribution in [0.5, 0.6) is 11.5 Å². The summed E-state index contributed by atoms with van der Waals surface area (Å²) >= 11 is 0. The highest BCUT2D eigenvalue weighted by atomic mass is 127. The first-order chi connectivity index (χ1) is 14.7. The molecule has 0 spiro atoms. The average Bonchev–Trinajstić information content (AvgIpc) is 3.28. The Balaban J connectivity index is 0.00000341. The van der Waals surface area contributed by atoms with Crippen LogP contribution in [0.25, 0.3) is 0 Å². The van der Waals surface area contributed by atoms with Gasteiger partial charge >= 0.3 is 0 Å². The minimum atomic E-state index is -0.0534. The van der Waals surface area contributed by atoms with Crippen LogP contribution in [0.2, 0.25) is 0 Å². The molecule has 0 saturated carbocycles. The third kappa shape index (κ3) is 7.78. The molecule has 2 aromatic carbocycles. The number of nitrogens with zero attached hydrogens (tertiary/aromatic N) is 3. The van der Waals surface area contributed by atoms with Crippen molar-refractivity contribution in [1.29, 1.82) is 0 Å². The van der Waals surface area contributed by atoms with E-state index in [9.17, 15) is 0 Å². The zero-order chi connectivity index (χ0) is 21.2. The lowest BCUT2D eigenvalue weighted by Crippen LogP contribution is -2.41. The highest BCUT2D eigenvalue weighted by molar-refractivity contribution is 14.0. The van der Waals surface area contributed by atoms with Gasteiger partial charge in [0.1, 0.15) is 6.10 Å². The Kier molecular flexibility index (Phi) is 10.2. The Morgan fingerprint density at radius 1 is 1.06 bits per heavy atom. The summed E-state index contributed by atoms with van der Waals surface area (Å²) in [7, 11) is 3.40. The molecule has 2 N–H and O–H groups in total. The van der Waals surface area contributed by atoms with Crippen LogP contribution in [-0.4, -0.2) is 42.3 Å². The number of aromatic nitrogens is 2. The van der Waals surface area contributed by atoms with Crippen molar-refractivity contribution in [2.45, 2.75) is 26.1 Å². The van der Waals surface area contributed by atoms with E-state index in [1.807, 2.05) is 48.3 Å². The second kappa shape index (κ2) is 12.8. The van der Waals surface area contributed by atoms with Crippen molar-refractivity contribution in [3.8, 4) is 11.5 Å². The minimum absolute atomic E-state index is 0. The van der Waals surface area contributed by atoms with Gasteiger partial charge in [0.25, 0.3) is 0 Å². The molecule has 31 heavy (non-hydrogen) atoms. The lowest BCUT2D eigenvalue weighted by atomic mass is 10.1. The minimum Gasteiger partial charge on any atom is -0.493 e. The van der Waals surface area contributed by atoms with E-state index in [0.29, 0.717) is 13.1 Å². The summed E-state index contributed by atoms with van der Waals surface area (Å²) in [6, 6.07) is 16.2. The first-order valence-electron chi connectivity index (χ1n) is 9.95. The van der Waals surface area contributed by atoms with Crippen LogP contribution in [0.4, 0.5) is 0 Å². The van der Waals surface area contributed by atoms with E-state index in [1.54, 1.807) is 20.4 Å². The lowest BCUT2D eigenvalue weighted by molar-refractivity contribution is 0.213. The van der Waals surface area contributed by atoms with Crippen LogP contribution in [0.15, 0.2) is 72.2 Å². The predicted molar refractivity (Wildman–Crippen MR) is 134 cm³/mol. The third-order valence-corrected chi connectivity index (χ3v) is 4.59. The van der Waals surface area contributed by atoms with Crippen molar-refractivity contribution < 1.29 is 9.47 Å². The van der Waals surface area contributed by atoms with Gasteiger partial charge in [0.2, 0.25) is 0 Å². The molecule has 0 bridgehead atoms. The van der Waals surface area contributed by atoms with E-state index < -0.39 is 0 Å². The Labute approximate surface area is 200 Å². The van der Waals surface area contributed by atoms with Gasteiger partial charge in [0.15, 0.2) is 17.5 Å². The number of nitrogens with one attached hydrogen (secondary N) is 2. The summed E-state index contributed by atoms with van der Waals surface area (Å²) in [4.78, 5) is 8.36. The number of hydrogen-bond donors (Lipinski definition) is 2. The number of benzene rings is 2. The quantitative estimate of drug-likeness (QED) is 0.249. The molecule has 1 heterocycles. The number of hydrogen-bond acceptors (Lipinski definition) is 4. The fourth-order valence-electron chi connectivity index (χ4n) is 2.97. The first-order valence-corrected chi connectivity index (χ1v) is 9.95. The van der Waals surface area contributed by atoms with Gasteiger partial charge in [-0.3, -0.25) is 4.99 Å². The number of methoxy groups -OCH3 is 1. The number of rotatable bonds is 9. The number of guanidine groups is 1. The molecule has 3 rings (SSSR count). The van der Waals surface area contributed by atoms with Crippen molar-refractivity contribution in [2.24, 2.45) is 4.99 Å². The molecule has 0 aliphatic heterocycles. The van der Waals surface area contributed by atoms with E-state index >= 15 is 0 Å². The van der Waals surface area contributed by atoms with Crippen molar-refractivity contribution in [1.82, 2.24) is 20.2 Å². The lowest BCUT2D eigenvalue weighted by Gasteiger charge is -2.19. The van der Waals surface area contributed by atoms with Crippen LogP contribution in [0.3, 0.4) is 0 Å². The summed E-state index contributed by atoms with van der Waals surface area (Å²) in [5.74, 6) is 2.18. The normalized spacial score (nSPS) is 11.9. The summed E-state index contributed by atoms with van der Waals surface area (Å²) in [6.07, 6.45) is 5.52. The van der Waals surface area contributed by atoms with Crippen LogP contribution < -0.4 is 20.1 Å². The van der Waals surface area contributed by atoms with Crippen LogP contribution >= 0.6 is 24.0 Å². The maximum atomic E-state index is 5.97. The smallest absolute Gasteiger partial charge is 0.191 e. The number of halogens is 1. The molecule has 1 atom stereocenters. The van der Waals surface area contributed by atoms with Crippen LogP contribution in [-0.2, 0) is 13.1 Å². The standard InChI is InChI=1S/C23H29N5O2.HI/c1-18(30-22-7-5-4-6-21(22)29-3)14-26-23(24-2)27-15-19-8-10-20(11-9-19)16-28-13-12-25-17-28;/h4-13,17-18H,14-16H2,1-3H3,(H2,24,26,27);1H. The zero-order valence-corrected chi connectivity index (χ0v) is 20.4. The van der Waals surface area contributed by atoms with E-state index in [0.717, 1.165) is 24.0 Å². The Morgan fingerprint density at radius 2 is 1.77 bits per heavy atom. The van der Waals surface area contributed by atoms with Crippen LogP contribution in [0.1, 0.15) is 18.1 Å². The third-order valence-electron chi connectivity index (χ3n) is 4.59. The number of ether oxygens (including phenoxy) is 2. The predicted octanol–water partition coefficient (Wildman–Crippen LogP) is 3.69. The van der Waals surface area contributed by atoms with Crippen molar-refractivity contribution >= 4 is 29.9 Å². The van der Waals surface area contributed by atoms with Crippen LogP contribution in [0, 0.1) is 0 Å². The maximum Gasteiger partial charge on any atom is 0.191 e. The van der Waals surface area contributed by atoms with E-state index in [1.165, 1.54) is 11.1 Å². The molecule has 0 amide bonds. The SMILES string of the molecule is CN=C(NCc1ccc(Cn2ccnc2)cc1)NCC(C)Oc1ccccc1OC.I. The summed E-state index contributed by atoms with van der Waals surface area (Å²) in [6.45, 7) is 4.13. The topological polar surface area (TPSA) is 72.7 Å². The van der Waals surface area contributed by atoms with E-state index in [2.05, 4.69) is 44.9 Å². The molecular formula is C23H30IN5O2. The molecule has 166 valence electrons. The van der Waals surface area contributed by atoms with Gasteiger partial charge in [-0.2, -0.15) is 0 Å². The Morgan fingerprint density at radius 3 is 2.42 bits per heavy atom. The molecule has 3 aromatic rings. The molecule has 1 aromatic heterocycles. The monoisotopic (exact) mass is 535 g/mol.